The Morgan fingerprint density at radius 1 is 1.09 bits per heavy atom. The van der Waals surface area contributed by atoms with Crippen molar-refractivity contribution in [3.05, 3.63) is 59.7 Å². The van der Waals surface area contributed by atoms with Crippen LogP contribution in [-0.4, -0.2) is 25.5 Å². The lowest BCUT2D eigenvalue weighted by molar-refractivity contribution is -0.116. The Kier molecular flexibility index (Phi) is 5.74. The van der Waals surface area contributed by atoms with Gasteiger partial charge in [0.15, 0.2) is 0 Å². The normalized spacial score (nSPS) is 10.0. The minimum absolute atomic E-state index is 0.153. The summed E-state index contributed by atoms with van der Waals surface area (Å²) >= 11 is 0. The highest BCUT2D eigenvalue weighted by molar-refractivity contribution is 5.95. The molecule has 0 atom stereocenters. The van der Waals surface area contributed by atoms with Crippen molar-refractivity contribution in [1.82, 2.24) is 5.32 Å². The summed E-state index contributed by atoms with van der Waals surface area (Å²) in [7, 11) is 1.59. The van der Waals surface area contributed by atoms with Crippen LogP contribution in [-0.2, 0) is 4.79 Å². The highest BCUT2D eigenvalue weighted by atomic mass is 16.5. The molecule has 5 nitrogen and oxygen atoms in total. The topological polar surface area (TPSA) is 67.4 Å². The van der Waals surface area contributed by atoms with E-state index < -0.39 is 0 Å². The molecule has 2 amide bonds. The van der Waals surface area contributed by atoms with Crippen molar-refractivity contribution >= 4 is 17.5 Å². The van der Waals surface area contributed by atoms with E-state index >= 15 is 0 Å². The van der Waals surface area contributed by atoms with Gasteiger partial charge in [0.2, 0.25) is 5.91 Å². The number of aryl methyl sites for hydroxylation is 1. The zero-order valence-corrected chi connectivity index (χ0v) is 13.3. The van der Waals surface area contributed by atoms with Gasteiger partial charge >= 0.3 is 0 Å². The predicted octanol–water partition coefficient (Wildman–Crippen LogP) is 2.76. The van der Waals surface area contributed by atoms with Gasteiger partial charge in [-0.25, -0.2) is 0 Å². The summed E-state index contributed by atoms with van der Waals surface area (Å²) in [5.74, 6) is 0.402. The first-order chi connectivity index (χ1) is 11.1. The number of carbonyl (C=O) groups is 2. The van der Waals surface area contributed by atoms with E-state index in [0.717, 1.165) is 11.3 Å². The highest BCUT2D eigenvalue weighted by Gasteiger charge is 2.07. The molecular formula is C18H20N2O3. The molecule has 5 heteroatoms. The van der Waals surface area contributed by atoms with Crippen LogP contribution < -0.4 is 15.4 Å². The second kappa shape index (κ2) is 7.98. The average molecular weight is 312 g/mol. The number of nitrogens with one attached hydrogen (secondary N) is 2. The van der Waals surface area contributed by atoms with E-state index in [9.17, 15) is 9.59 Å². The van der Waals surface area contributed by atoms with Gasteiger partial charge in [0.25, 0.3) is 5.91 Å². The SMILES string of the molecule is COc1ccc(NC(=O)CCNC(=O)c2cccc(C)c2)cc1. The molecule has 2 rings (SSSR count). The van der Waals surface area contributed by atoms with Crippen molar-refractivity contribution < 1.29 is 14.3 Å². The first-order valence-electron chi connectivity index (χ1n) is 7.37. The third-order valence-electron chi connectivity index (χ3n) is 3.29. The number of carbonyl (C=O) groups excluding carboxylic acids is 2. The number of rotatable bonds is 6. The van der Waals surface area contributed by atoms with Crippen LogP contribution in [0.2, 0.25) is 0 Å². The summed E-state index contributed by atoms with van der Waals surface area (Å²) in [6, 6.07) is 14.4. The molecule has 0 heterocycles. The molecule has 2 aromatic carbocycles. The average Bonchev–Trinajstić information content (AvgIpc) is 2.55. The van der Waals surface area contributed by atoms with Crippen molar-refractivity contribution in [3.8, 4) is 5.75 Å². The molecule has 0 unspecified atom stereocenters. The highest BCUT2D eigenvalue weighted by Crippen LogP contribution is 2.15. The van der Waals surface area contributed by atoms with E-state index in [-0.39, 0.29) is 24.8 Å². The van der Waals surface area contributed by atoms with Crippen molar-refractivity contribution in [3.63, 3.8) is 0 Å². The summed E-state index contributed by atoms with van der Waals surface area (Å²) < 4.78 is 5.06. The van der Waals surface area contributed by atoms with Gasteiger partial charge in [-0.15, -0.1) is 0 Å². The van der Waals surface area contributed by atoms with Gasteiger partial charge in [-0.1, -0.05) is 17.7 Å². The van der Waals surface area contributed by atoms with Gasteiger partial charge in [-0.2, -0.15) is 0 Å². The summed E-state index contributed by atoms with van der Waals surface area (Å²) in [5.41, 5.74) is 2.32. The zero-order valence-electron chi connectivity index (χ0n) is 13.3. The van der Waals surface area contributed by atoms with Crippen molar-refractivity contribution in [2.75, 3.05) is 19.0 Å². The number of hydrogen-bond acceptors (Lipinski definition) is 3. The number of anilines is 1. The van der Waals surface area contributed by atoms with Gasteiger partial charge < -0.3 is 15.4 Å². The van der Waals surface area contributed by atoms with Crippen molar-refractivity contribution in [1.29, 1.82) is 0 Å². The van der Waals surface area contributed by atoms with Gasteiger partial charge in [-0.3, -0.25) is 9.59 Å². The smallest absolute Gasteiger partial charge is 0.251 e. The number of hydrogen-bond donors (Lipinski definition) is 2. The fourth-order valence-electron chi connectivity index (χ4n) is 2.08. The van der Waals surface area contributed by atoms with Crippen molar-refractivity contribution in [2.45, 2.75) is 13.3 Å². The van der Waals surface area contributed by atoms with E-state index in [1.807, 2.05) is 25.1 Å². The molecule has 0 aliphatic rings. The van der Waals surface area contributed by atoms with E-state index in [1.165, 1.54) is 0 Å². The quantitative estimate of drug-likeness (QED) is 0.862. The monoisotopic (exact) mass is 312 g/mol. The Bertz CT molecular complexity index is 681. The lowest BCUT2D eigenvalue weighted by Gasteiger charge is -2.08. The maximum Gasteiger partial charge on any atom is 0.251 e. The molecule has 0 bridgehead atoms. The maximum atomic E-state index is 12.0. The fourth-order valence-corrected chi connectivity index (χ4v) is 2.08. The minimum Gasteiger partial charge on any atom is -0.497 e. The van der Waals surface area contributed by atoms with Crippen LogP contribution in [0.25, 0.3) is 0 Å². The molecule has 0 saturated heterocycles. The van der Waals surface area contributed by atoms with Crippen LogP contribution in [0.15, 0.2) is 48.5 Å². The molecule has 23 heavy (non-hydrogen) atoms. The van der Waals surface area contributed by atoms with E-state index in [4.69, 9.17) is 4.74 Å². The van der Waals surface area contributed by atoms with Gasteiger partial charge in [-0.05, 0) is 43.3 Å². The van der Waals surface area contributed by atoms with Crippen LogP contribution in [0.4, 0.5) is 5.69 Å². The lowest BCUT2D eigenvalue weighted by Crippen LogP contribution is -2.27. The lowest BCUT2D eigenvalue weighted by atomic mass is 10.1. The summed E-state index contributed by atoms with van der Waals surface area (Å²) in [6.45, 7) is 2.22. The second-order valence-corrected chi connectivity index (χ2v) is 5.15. The van der Waals surface area contributed by atoms with Crippen LogP contribution >= 0.6 is 0 Å². The van der Waals surface area contributed by atoms with Gasteiger partial charge in [0.05, 0.1) is 7.11 Å². The summed E-state index contributed by atoms with van der Waals surface area (Å²) in [4.78, 5) is 23.8. The van der Waals surface area contributed by atoms with E-state index in [0.29, 0.717) is 11.3 Å². The van der Waals surface area contributed by atoms with Crippen LogP contribution in [0.5, 0.6) is 5.75 Å². The molecule has 0 fully saturated rings. The summed E-state index contributed by atoms with van der Waals surface area (Å²) in [6.07, 6.45) is 0.212. The van der Waals surface area contributed by atoms with Crippen LogP contribution in [0, 0.1) is 6.92 Å². The zero-order chi connectivity index (χ0) is 16.7. The third-order valence-corrected chi connectivity index (χ3v) is 3.29. The summed E-state index contributed by atoms with van der Waals surface area (Å²) in [5, 5.41) is 5.51. The molecule has 0 spiro atoms. The van der Waals surface area contributed by atoms with Gasteiger partial charge in [0.1, 0.15) is 5.75 Å². The first kappa shape index (κ1) is 16.5. The second-order valence-electron chi connectivity index (χ2n) is 5.15. The van der Waals surface area contributed by atoms with Crippen LogP contribution in [0.1, 0.15) is 22.3 Å². The third kappa shape index (κ3) is 5.14. The standard InChI is InChI=1S/C18H20N2O3/c1-13-4-3-5-14(12-13)18(22)19-11-10-17(21)20-15-6-8-16(23-2)9-7-15/h3-9,12H,10-11H2,1-2H3,(H,19,22)(H,20,21). The first-order valence-corrected chi connectivity index (χ1v) is 7.37. The molecule has 120 valence electrons. The molecule has 2 aromatic rings. The fraction of sp³-hybridized carbons (Fsp3) is 0.222. The molecule has 2 N–H and O–H groups in total. The largest absolute Gasteiger partial charge is 0.497 e. The minimum atomic E-state index is -0.175. The van der Waals surface area contributed by atoms with E-state index in [1.54, 1.807) is 37.4 Å². The molecular weight excluding hydrogens is 292 g/mol. The Morgan fingerprint density at radius 2 is 1.83 bits per heavy atom. The Labute approximate surface area is 135 Å². The Morgan fingerprint density at radius 3 is 2.48 bits per heavy atom. The molecule has 0 radical (unpaired) electrons. The predicted molar refractivity (Wildman–Crippen MR) is 89.8 cm³/mol. The Balaban J connectivity index is 1.77. The Hall–Kier alpha value is -2.82. The molecule has 0 aliphatic carbocycles. The molecule has 0 aliphatic heterocycles. The number of benzene rings is 2. The maximum absolute atomic E-state index is 12.0. The number of methoxy groups -OCH3 is 1. The van der Waals surface area contributed by atoms with Crippen LogP contribution in [0.3, 0.4) is 0 Å². The number of ether oxygens (including phenoxy) is 1. The number of amides is 2. The van der Waals surface area contributed by atoms with E-state index in [2.05, 4.69) is 10.6 Å². The van der Waals surface area contributed by atoms with Gasteiger partial charge in [0, 0.05) is 24.2 Å². The van der Waals surface area contributed by atoms with Crippen molar-refractivity contribution in [2.24, 2.45) is 0 Å². The molecule has 0 aromatic heterocycles. The molecule has 0 saturated carbocycles.